The molecule has 2 rings (SSSR count). The Morgan fingerprint density at radius 2 is 1.79 bits per heavy atom. The molecule has 1 aromatic rings. The van der Waals surface area contributed by atoms with Crippen LogP contribution in [-0.2, 0) is 36.8 Å². The molecule has 0 spiro atoms. The van der Waals surface area contributed by atoms with Crippen molar-refractivity contribution in [3.8, 4) is 0 Å². The fraction of sp³-hybridized carbons (Fsp3) is 0.826. The third-order valence-corrected chi connectivity index (χ3v) is 6.19. The molecule has 0 N–H and O–H groups in total. The van der Waals surface area contributed by atoms with E-state index in [1.165, 1.54) is 45.2 Å². The largest absolute Gasteiger partial charge is 0.466 e. The van der Waals surface area contributed by atoms with Crippen LogP contribution in [0.25, 0.3) is 0 Å². The Morgan fingerprint density at radius 1 is 1.09 bits per heavy atom. The van der Waals surface area contributed by atoms with Gasteiger partial charge in [-0.15, -0.1) is 5.10 Å². The van der Waals surface area contributed by atoms with Gasteiger partial charge in [-0.3, -0.25) is 9.59 Å². The maximum Gasteiger partial charge on any atom is 0.306 e. The highest BCUT2D eigenvalue weighted by Gasteiger charge is 2.48. The second kappa shape index (κ2) is 13.1. The van der Waals surface area contributed by atoms with Gasteiger partial charge in [0.05, 0.1) is 24.8 Å². The number of carbonyl (C=O) groups excluding carboxylic acids is 2. The molecule has 33 heavy (non-hydrogen) atoms. The van der Waals surface area contributed by atoms with E-state index in [9.17, 15) is 9.59 Å². The van der Waals surface area contributed by atoms with Crippen molar-refractivity contribution in [2.45, 2.75) is 89.3 Å². The number of aromatic nitrogens is 3. The molecular formula is C23H37F2N3O5. The summed E-state index contributed by atoms with van der Waals surface area (Å²) in [4.78, 5) is 24.8. The third-order valence-electron chi connectivity index (χ3n) is 6.19. The molecule has 8 nitrogen and oxygen atoms in total. The van der Waals surface area contributed by atoms with Crippen LogP contribution in [0.4, 0.5) is 8.78 Å². The zero-order valence-electron chi connectivity index (χ0n) is 20.1. The van der Waals surface area contributed by atoms with Gasteiger partial charge in [0, 0.05) is 40.0 Å². The first-order valence-electron chi connectivity index (χ1n) is 11.8. The van der Waals surface area contributed by atoms with E-state index in [-0.39, 0.29) is 25.0 Å². The normalized spacial score (nSPS) is 22.3. The van der Waals surface area contributed by atoms with Gasteiger partial charge >= 0.3 is 5.97 Å². The average molecular weight is 474 g/mol. The SMILES string of the molecule is CCCCCCCCOC(=O)CCC(=O)C1C[C@H](OC)[C@@H](OC)c2c(nnn2C)C(F)(F)C1. The van der Waals surface area contributed by atoms with Crippen LogP contribution in [0.3, 0.4) is 0 Å². The summed E-state index contributed by atoms with van der Waals surface area (Å²) in [6.07, 6.45) is 3.98. The van der Waals surface area contributed by atoms with Crippen LogP contribution in [0.2, 0.25) is 0 Å². The maximum absolute atomic E-state index is 15.1. The number of ketones is 1. The van der Waals surface area contributed by atoms with E-state index in [0.29, 0.717) is 6.61 Å². The molecule has 10 heteroatoms. The van der Waals surface area contributed by atoms with Gasteiger partial charge in [0.25, 0.3) is 5.92 Å². The fourth-order valence-electron chi connectivity index (χ4n) is 4.31. The summed E-state index contributed by atoms with van der Waals surface area (Å²) < 4.78 is 47.5. The molecule has 0 saturated heterocycles. The number of fused-ring (bicyclic) bond motifs is 1. The number of esters is 1. The Hall–Kier alpha value is -1.94. The Labute approximate surface area is 194 Å². The molecule has 1 unspecified atom stereocenters. The topological polar surface area (TPSA) is 92.5 Å². The number of rotatable bonds is 13. The number of hydrogen-bond donors (Lipinski definition) is 0. The van der Waals surface area contributed by atoms with E-state index in [0.717, 1.165) is 19.3 Å². The van der Waals surface area contributed by atoms with Crippen molar-refractivity contribution in [1.29, 1.82) is 0 Å². The third kappa shape index (κ3) is 7.53. The van der Waals surface area contributed by atoms with Crippen molar-refractivity contribution < 1.29 is 32.6 Å². The van der Waals surface area contributed by atoms with E-state index in [1.807, 2.05) is 0 Å². The van der Waals surface area contributed by atoms with Crippen molar-refractivity contribution in [1.82, 2.24) is 15.0 Å². The predicted molar refractivity (Wildman–Crippen MR) is 117 cm³/mol. The predicted octanol–water partition coefficient (Wildman–Crippen LogP) is 4.27. The monoisotopic (exact) mass is 473 g/mol. The number of ether oxygens (including phenoxy) is 3. The van der Waals surface area contributed by atoms with E-state index in [2.05, 4.69) is 17.2 Å². The van der Waals surface area contributed by atoms with Gasteiger partial charge < -0.3 is 14.2 Å². The lowest BCUT2D eigenvalue weighted by Crippen LogP contribution is -2.37. The summed E-state index contributed by atoms with van der Waals surface area (Å²) in [5.74, 6) is -5.28. The Morgan fingerprint density at radius 3 is 2.45 bits per heavy atom. The number of nitrogens with zero attached hydrogens (tertiary/aromatic N) is 3. The molecule has 0 bridgehead atoms. The van der Waals surface area contributed by atoms with Gasteiger partial charge in [-0.1, -0.05) is 44.2 Å². The molecule has 1 heterocycles. The summed E-state index contributed by atoms with van der Waals surface area (Å²) in [6, 6.07) is 0. The van der Waals surface area contributed by atoms with Crippen LogP contribution in [0, 0.1) is 5.92 Å². The highest BCUT2D eigenvalue weighted by molar-refractivity contribution is 5.85. The van der Waals surface area contributed by atoms with E-state index in [1.54, 1.807) is 0 Å². The summed E-state index contributed by atoms with van der Waals surface area (Å²) >= 11 is 0. The first-order chi connectivity index (χ1) is 15.7. The van der Waals surface area contributed by atoms with Crippen LogP contribution in [0.1, 0.15) is 88.6 Å². The molecule has 1 aliphatic carbocycles. The van der Waals surface area contributed by atoms with Crippen molar-refractivity contribution >= 4 is 11.8 Å². The standard InChI is InChI=1S/C23H37F2N3O5/c1-5-6-7-8-9-10-13-33-19(30)12-11-17(29)16-14-18(31-3)21(32-4)20-22(23(24,25)15-16)26-27-28(20)2/h16,18,21H,5-15H2,1-4H3/t16?,18-,21+/m0/s1. The molecule has 3 atom stereocenters. The Balaban J connectivity index is 1.95. The van der Waals surface area contributed by atoms with Crippen LogP contribution < -0.4 is 0 Å². The zero-order valence-corrected chi connectivity index (χ0v) is 20.1. The molecule has 1 aliphatic rings. The summed E-state index contributed by atoms with van der Waals surface area (Å²) in [5, 5.41) is 7.39. The number of Topliss-reactive ketones (excluding diaryl/α,β-unsaturated/α-hetero) is 1. The molecule has 0 fully saturated rings. The number of methoxy groups -OCH3 is 2. The molecule has 0 amide bonds. The molecule has 1 aromatic heterocycles. The number of hydrogen-bond acceptors (Lipinski definition) is 7. The number of aryl methyl sites for hydroxylation is 1. The summed E-state index contributed by atoms with van der Waals surface area (Å²) in [6.45, 7) is 2.47. The highest BCUT2D eigenvalue weighted by Crippen LogP contribution is 2.44. The van der Waals surface area contributed by atoms with Crippen LogP contribution >= 0.6 is 0 Å². The molecule has 0 aromatic carbocycles. The van der Waals surface area contributed by atoms with Crippen LogP contribution in [-0.4, -0.2) is 53.7 Å². The molecule has 188 valence electrons. The lowest BCUT2D eigenvalue weighted by atomic mass is 9.82. The van der Waals surface area contributed by atoms with E-state index >= 15 is 8.78 Å². The lowest BCUT2D eigenvalue weighted by molar-refractivity contribution is -0.146. The lowest BCUT2D eigenvalue weighted by Gasteiger charge is -2.33. The minimum Gasteiger partial charge on any atom is -0.466 e. The van der Waals surface area contributed by atoms with Gasteiger partial charge in [0.1, 0.15) is 11.9 Å². The fourth-order valence-corrected chi connectivity index (χ4v) is 4.31. The van der Waals surface area contributed by atoms with Gasteiger partial charge in [-0.05, 0) is 12.8 Å². The second-order valence-electron chi connectivity index (χ2n) is 8.67. The zero-order chi connectivity index (χ0) is 24.4. The van der Waals surface area contributed by atoms with Gasteiger partial charge in [0.2, 0.25) is 0 Å². The van der Waals surface area contributed by atoms with Crippen molar-refractivity contribution in [3.63, 3.8) is 0 Å². The molecular weight excluding hydrogens is 436 g/mol. The minimum atomic E-state index is -3.36. The average Bonchev–Trinajstić information content (AvgIpc) is 3.16. The first-order valence-corrected chi connectivity index (χ1v) is 11.8. The molecule has 0 aliphatic heterocycles. The van der Waals surface area contributed by atoms with E-state index < -0.39 is 47.9 Å². The number of unbranched alkanes of at least 4 members (excludes halogenated alkanes) is 5. The van der Waals surface area contributed by atoms with Gasteiger partial charge in [-0.2, -0.15) is 8.78 Å². The van der Waals surface area contributed by atoms with Crippen LogP contribution in [0.5, 0.6) is 0 Å². The molecule has 0 saturated carbocycles. The number of alkyl halides is 2. The summed E-state index contributed by atoms with van der Waals surface area (Å²) in [7, 11) is 4.35. The van der Waals surface area contributed by atoms with Crippen molar-refractivity contribution in [3.05, 3.63) is 11.4 Å². The quantitative estimate of drug-likeness (QED) is 0.312. The van der Waals surface area contributed by atoms with Crippen LogP contribution in [0.15, 0.2) is 0 Å². The van der Waals surface area contributed by atoms with Gasteiger partial charge in [-0.25, -0.2) is 4.68 Å². The van der Waals surface area contributed by atoms with E-state index in [4.69, 9.17) is 14.2 Å². The smallest absolute Gasteiger partial charge is 0.306 e. The maximum atomic E-state index is 15.1. The van der Waals surface area contributed by atoms with Crippen molar-refractivity contribution in [2.75, 3.05) is 20.8 Å². The Kier molecular flexibility index (Phi) is 10.8. The first kappa shape index (κ1) is 27.3. The minimum absolute atomic E-state index is 0.0425. The summed E-state index contributed by atoms with van der Waals surface area (Å²) in [5.41, 5.74) is -0.367. The van der Waals surface area contributed by atoms with Crippen molar-refractivity contribution in [2.24, 2.45) is 13.0 Å². The number of halogens is 2. The van der Waals surface area contributed by atoms with Gasteiger partial charge in [0.15, 0.2) is 5.69 Å². The molecule has 0 radical (unpaired) electrons. The Bertz CT molecular complexity index is 771. The second-order valence-corrected chi connectivity index (χ2v) is 8.67. The highest BCUT2D eigenvalue weighted by atomic mass is 19.3. The number of carbonyl (C=O) groups is 2.